The minimum atomic E-state index is -4.56. The van der Waals surface area contributed by atoms with Gasteiger partial charge in [-0.3, -0.25) is 4.90 Å². The van der Waals surface area contributed by atoms with Gasteiger partial charge < -0.3 is 0 Å². The van der Waals surface area contributed by atoms with Crippen LogP contribution < -0.4 is 4.72 Å². The lowest BCUT2D eigenvalue weighted by Crippen LogP contribution is -2.38. The Bertz CT molecular complexity index is 787. The Morgan fingerprint density at radius 1 is 1.23 bits per heavy atom. The number of nitrogens with zero attached hydrogens (tertiary/aromatic N) is 2. The second kappa shape index (κ2) is 8.47. The zero-order chi connectivity index (χ0) is 19.4. The predicted molar refractivity (Wildman–Crippen MR) is 94.4 cm³/mol. The van der Waals surface area contributed by atoms with Crippen LogP contribution in [0.2, 0.25) is 0 Å². The van der Waals surface area contributed by atoms with Gasteiger partial charge in [-0.1, -0.05) is 13.8 Å². The van der Waals surface area contributed by atoms with Gasteiger partial charge in [0.1, 0.15) is 0 Å². The highest BCUT2D eigenvalue weighted by molar-refractivity contribution is 7.89. The van der Waals surface area contributed by atoms with Crippen molar-refractivity contribution in [2.24, 2.45) is 0 Å². The maximum atomic E-state index is 12.6. The summed E-state index contributed by atoms with van der Waals surface area (Å²) >= 11 is 1.52. The van der Waals surface area contributed by atoms with Crippen molar-refractivity contribution in [2.75, 3.05) is 19.6 Å². The number of halogens is 3. The second-order valence-electron chi connectivity index (χ2n) is 5.53. The zero-order valence-corrected chi connectivity index (χ0v) is 16.0. The van der Waals surface area contributed by atoms with Crippen molar-refractivity contribution >= 4 is 21.4 Å². The van der Waals surface area contributed by atoms with Crippen LogP contribution in [0.15, 0.2) is 40.2 Å². The van der Waals surface area contributed by atoms with Crippen LogP contribution in [-0.2, 0) is 16.2 Å². The average molecular weight is 407 g/mol. The van der Waals surface area contributed by atoms with Crippen molar-refractivity contribution in [3.8, 4) is 0 Å². The Hall–Kier alpha value is -1.49. The third-order valence-corrected chi connectivity index (χ3v) is 6.03. The first kappa shape index (κ1) is 20.8. The molecule has 10 heteroatoms. The molecule has 144 valence electrons. The Morgan fingerprint density at radius 2 is 1.92 bits per heavy atom. The molecule has 0 unspecified atom stereocenters. The van der Waals surface area contributed by atoms with Crippen molar-refractivity contribution in [2.45, 2.75) is 31.1 Å². The molecular weight excluding hydrogens is 387 g/mol. The van der Waals surface area contributed by atoms with Gasteiger partial charge in [-0.15, -0.1) is 0 Å². The number of nitrogens with one attached hydrogen (secondary N) is 1. The zero-order valence-electron chi connectivity index (χ0n) is 14.3. The number of hydrogen-bond donors (Lipinski definition) is 1. The van der Waals surface area contributed by atoms with Gasteiger partial charge in [0.2, 0.25) is 0 Å². The summed E-state index contributed by atoms with van der Waals surface area (Å²) in [4.78, 5) is 5.56. The van der Waals surface area contributed by atoms with Crippen molar-refractivity contribution in [3.63, 3.8) is 0 Å². The molecule has 5 nitrogen and oxygen atoms in total. The monoisotopic (exact) mass is 407 g/mol. The third kappa shape index (κ3) is 5.03. The smallest absolute Gasteiger partial charge is 0.296 e. The van der Waals surface area contributed by atoms with Crippen LogP contribution in [0.4, 0.5) is 13.2 Å². The molecule has 0 aliphatic rings. The summed E-state index contributed by atoms with van der Waals surface area (Å²) in [6, 6.07) is 3.34. The normalized spacial score (nSPS) is 13.9. The lowest BCUT2D eigenvalue weighted by Gasteiger charge is -2.29. The van der Waals surface area contributed by atoms with Crippen LogP contribution >= 0.6 is 11.3 Å². The van der Waals surface area contributed by atoms with Gasteiger partial charge in [-0.25, -0.2) is 18.1 Å². The van der Waals surface area contributed by atoms with Gasteiger partial charge in [0, 0.05) is 18.8 Å². The van der Waals surface area contributed by atoms with E-state index in [-0.39, 0.29) is 12.6 Å². The van der Waals surface area contributed by atoms with Gasteiger partial charge in [0.25, 0.3) is 10.0 Å². The van der Waals surface area contributed by atoms with E-state index < -0.39 is 26.8 Å². The molecule has 2 aromatic heterocycles. The molecule has 2 heterocycles. The first-order valence-electron chi connectivity index (χ1n) is 7.98. The van der Waals surface area contributed by atoms with E-state index in [0.717, 1.165) is 24.7 Å². The standard InChI is InChI=1S/C16H20F3N3O2S2/c1-3-22(4-2)14(12-7-8-25-11-12)10-21-26(23,24)15-6-5-13(9-20-15)16(17,18)19/h5-9,11,14,21H,3-4,10H2,1-2H3/t14-/m1/s1. The maximum absolute atomic E-state index is 12.6. The van der Waals surface area contributed by atoms with E-state index in [1.807, 2.05) is 30.7 Å². The van der Waals surface area contributed by atoms with Gasteiger partial charge in [0.15, 0.2) is 5.03 Å². The van der Waals surface area contributed by atoms with E-state index in [1.54, 1.807) is 0 Å². The fourth-order valence-corrected chi connectivity index (χ4v) is 4.23. The predicted octanol–water partition coefficient (Wildman–Crippen LogP) is 3.52. The summed E-state index contributed by atoms with van der Waals surface area (Å²) < 4.78 is 65.0. The molecule has 0 amide bonds. The van der Waals surface area contributed by atoms with Crippen LogP contribution in [0.3, 0.4) is 0 Å². The molecule has 0 aliphatic heterocycles. The van der Waals surface area contributed by atoms with Gasteiger partial charge >= 0.3 is 6.18 Å². The van der Waals surface area contributed by atoms with E-state index in [1.165, 1.54) is 11.3 Å². The molecule has 0 aromatic carbocycles. The first-order chi connectivity index (χ1) is 12.2. The molecule has 26 heavy (non-hydrogen) atoms. The molecule has 0 fully saturated rings. The number of pyridine rings is 1. The lowest BCUT2D eigenvalue weighted by atomic mass is 10.1. The van der Waals surface area contributed by atoms with Crippen molar-refractivity contribution < 1.29 is 21.6 Å². The molecule has 0 aliphatic carbocycles. The molecule has 2 aromatic rings. The van der Waals surface area contributed by atoms with Gasteiger partial charge in [0.05, 0.1) is 5.56 Å². The second-order valence-corrected chi connectivity index (χ2v) is 8.02. The lowest BCUT2D eigenvalue weighted by molar-refractivity contribution is -0.137. The highest BCUT2D eigenvalue weighted by Gasteiger charge is 2.31. The maximum Gasteiger partial charge on any atom is 0.417 e. The molecule has 2 rings (SSSR count). The van der Waals surface area contributed by atoms with E-state index in [4.69, 9.17) is 0 Å². The summed E-state index contributed by atoms with van der Waals surface area (Å²) in [7, 11) is -4.01. The highest BCUT2D eigenvalue weighted by atomic mass is 32.2. The van der Waals surface area contributed by atoms with Crippen LogP contribution in [0.5, 0.6) is 0 Å². The summed E-state index contributed by atoms with van der Waals surface area (Å²) in [5, 5.41) is 3.43. The SMILES string of the molecule is CCN(CC)[C@H](CNS(=O)(=O)c1ccc(C(F)(F)F)cn1)c1ccsc1. The summed E-state index contributed by atoms with van der Waals surface area (Å²) in [5.41, 5.74) is -0.00230. The van der Waals surface area contributed by atoms with Crippen LogP contribution in [0, 0.1) is 0 Å². The summed E-state index contributed by atoms with van der Waals surface area (Å²) in [5.74, 6) is 0. The minimum absolute atomic E-state index is 0.101. The Kier molecular flexibility index (Phi) is 6.78. The average Bonchev–Trinajstić information content (AvgIpc) is 3.12. The quantitative estimate of drug-likeness (QED) is 0.727. The van der Waals surface area contributed by atoms with Crippen LogP contribution in [0.25, 0.3) is 0 Å². The van der Waals surface area contributed by atoms with Crippen molar-refractivity contribution in [1.29, 1.82) is 0 Å². The molecule has 0 spiro atoms. The fourth-order valence-electron chi connectivity index (χ4n) is 2.56. The number of aromatic nitrogens is 1. The molecule has 1 N–H and O–H groups in total. The number of alkyl halides is 3. The van der Waals surface area contributed by atoms with E-state index in [2.05, 4.69) is 14.6 Å². The minimum Gasteiger partial charge on any atom is -0.296 e. The summed E-state index contributed by atoms with van der Waals surface area (Å²) in [6.07, 6.45) is -4.04. The fraction of sp³-hybridized carbons (Fsp3) is 0.438. The van der Waals surface area contributed by atoms with Gasteiger partial charge in [-0.2, -0.15) is 24.5 Å². The number of rotatable bonds is 8. The summed E-state index contributed by atoms with van der Waals surface area (Å²) in [6.45, 7) is 5.53. The van der Waals surface area contributed by atoms with E-state index in [9.17, 15) is 21.6 Å². The Balaban J connectivity index is 2.17. The molecule has 1 atom stereocenters. The Morgan fingerprint density at radius 3 is 2.38 bits per heavy atom. The molecule has 0 saturated carbocycles. The van der Waals surface area contributed by atoms with Crippen LogP contribution in [0.1, 0.15) is 31.0 Å². The number of sulfonamides is 1. The topological polar surface area (TPSA) is 62.3 Å². The first-order valence-corrected chi connectivity index (χ1v) is 10.4. The van der Waals surface area contributed by atoms with E-state index in [0.29, 0.717) is 12.3 Å². The molecule has 0 saturated heterocycles. The van der Waals surface area contributed by atoms with Crippen molar-refractivity contribution in [1.82, 2.24) is 14.6 Å². The van der Waals surface area contributed by atoms with Crippen LogP contribution in [-0.4, -0.2) is 37.9 Å². The molecule has 0 bridgehead atoms. The van der Waals surface area contributed by atoms with Crippen molar-refractivity contribution in [3.05, 3.63) is 46.3 Å². The Labute approximate surface area is 154 Å². The molecule has 0 radical (unpaired) electrons. The third-order valence-electron chi connectivity index (χ3n) is 3.99. The number of likely N-dealkylation sites (N-methyl/N-ethyl adjacent to an activating group) is 1. The highest BCUT2D eigenvalue weighted by Crippen LogP contribution is 2.29. The van der Waals surface area contributed by atoms with E-state index >= 15 is 0 Å². The largest absolute Gasteiger partial charge is 0.417 e. The van der Waals surface area contributed by atoms with Gasteiger partial charge in [-0.05, 0) is 47.6 Å². The molecular formula is C16H20F3N3O2S2. The number of thiophene rings is 1. The number of hydrogen-bond acceptors (Lipinski definition) is 5.